The Morgan fingerprint density at radius 3 is 2.92 bits per heavy atom. The van der Waals surface area contributed by atoms with Crippen molar-refractivity contribution in [3.63, 3.8) is 0 Å². The summed E-state index contributed by atoms with van der Waals surface area (Å²) in [6.45, 7) is 3.21. The van der Waals surface area contributed by atoms with Crippen molar-refractivity contribution in [3.8, 4) is 6.07 Å². The molecule has 0 aromatic heterocycles. The maximum absolute atomic E-state index is 13.3. The van der Waals surface area contributed by atoms with Gasteiger partial charge in [0.15, 0.2) is 0 Å². The molecule has 1 N–H and O–H groups in total. The highest BCUT2D eigenvalue weighted by molar-refractivity contribution is 5.34. The number of nitrogens with zero attached hydrogens (tertiary/aromatic N) is 1. The Balaban J connectivity index is 2.90. The zero-order valence-corrected chi connectivity index (χ0v) is 7.47. The van der Waals surface area contributed by atoms with Crippen molar-refractivity contribution in [2.75, 3.05) is 6.54 Å². The number of hydrogen-bond donors (Lipinski definition) is 1. The maximum Gasteiger partial charge on any atom is 0.145 e. The lowest BCUT2D eigenvalue weighted by Gasteiger charge is -2.03. The summed E-state index contributed by atoms with van der Waals surface area (Å²) >= 11 is 0. The third-order valence-corrected chi connectivity index (χ3v) is 1.76. The molecule has 0 aliphatic rings. The number of benzene rings is 1. The van der Waals surface area contributed by atoms with E-state index in [4.69, 9.17) is 5.26 Å². The first-order valence-corrected chi connectivity index (χ1v) is 4.17. The van der Waals surface area contributed by atoms with E-state index in [1.54, 1.807) is 12.1 Å². The van der Waals surface area contributed by atoms with E-state index in [0.717, 1.165) is 6.54 Å². The minimum Gasteiger partial charge on any atom is -0.313 e. The van der Waals surface area contributed by atoms with Crippen LogP contribution >= 0.6 is 0 Å². The molecule has 1 rings (SSSR count). The van der Waals surface area contributed by atoms with Crippen LogP contribution in [0.1, 0.15) is 18.1 Å². The van der Waals surface area contributed by atoms with Crippen molar-refractivity contribution in [2.45, 2.75) is 13.5 Å². The van der Waals surface area contributed by atoms with Gasteiger partial charge in [-0.25, -0.2) is 4.39 Å². The van der Waals surface area contributed by atoms with Crippen LogP contribution in [0.25, 0.3) is 0 Å². The lowest BCUT2D eigenvalue weighted by atomic mass is 10.1. The van der Waals surface area contributed by atoms with E-state index in [1.807, 2.05) is 13.0 Å². The second kappa shape index (κ2) is 4.58. The second-order valence-corrected chi connectivity index (χ2v) is 2.67. The summed E-state index contributed by atoms with van der Waals surface area (Å²) in [7, 11) is 0. The number of nitriles is 1. The van der Waals surface area contributed by atoms with Gasteiger partial charge in [0.25, 0.3) is 0 Å². The molecular weight excluding hydrogens is 167 g/mol. The van der Waals surface area contributed by atoms with Gasteiger partial charge in [0, 0.05) is 12.1 Å². The van der Waals surface area contributed by atoms with Gasteiger partial charge in [-0.3, -0.25) is 0 Å². The molecule has 0 saturated carbocycles. The monoisotopic (exact) mass is 178 g/mol. The highest BCUT2D eigenvalue weighted by atomic mass is 19.1. The molecule has 1 aromatic carbocycles. The number of rotatable bonds is 3. The molecule has 0 spiro atoms. The third-order valence-electron chi connectivity index (χ3n) is 1.76. The number of nitrogens with one attached hydrogen (secondary N) is 1. The average molecular weight is 178 g/mol. The van der Waals surface area contributed by atoms with E-state index in [1.165, 1.54) is 6.07 Å². The van der Waals surface area contributed by atoms with Crippen LogP contribution < -0.4 is 5.32 Å². The molecule has 0 bridgehead atoms. The summed E-state index contributed by atoms with van der Waals surface area (Å²) in [4.78, 5) is 0. The molecule has 0 aliphatic heterocycles. The van der Waals surface area contributed by atoms with Crippen molar-refractivity contribution in [1.29, 1.82) is 5.26 Å². The summed E-state index contributed by atoms with van der Waals surface area (Å²) < 4.78 is 13.3. The molecule has 0 saturated heterocycles. The van der Waals surface area contributed by atoms with Gasteiger partial charge >= 0.3 is 0 Å². The van der Waals surface area contributed by atoms with Crippen molar-refractivity contribution in [1.82, 2.24) is 5.32 Å². The minimum absolute atomic E-state index is 0.107. The smallest absolute Gasteiger partial charge is 0.145 e. The summed E-state index contributed by atoms with van der Waals surface area (Å²) in [5, 5.41) is 11.6. The first kappa shape index (κ1) is 9.69. The van der Waals surface area contributed by atoms with Crippen LogP contribution in [0, 0.1) is 17.1 Å². The Labute approximate surface area is 77.0 Å². The summed E-state index contributed by atoms with van der Waals surface area (Å²) in [5.41, 5.74) is 0.649. The topological polar surface area (TPSA) is 35.8 Å². The van der Waals surface area contributed by atoms with E-state index < -0.39 is 5.82 Å². The van der Waals surface area contributed by atoms with Gasteiger partial charge in [0.1, 0.15) is 11.9 Å². The highest BCUT2D eigenvalue weighted by Crippen LogP contribution is 2.11. The number of halogens is 1. The van der Waals surface area contributed by atoms with Crippen LogP contribution in [0.5, 0.6) is 0 Å². The van der Waals surface area contributed by atoms with Gasteiger partial charge in [0.2, 0.25) is 0 Å². The van der Waals surface area contributed by atoms with E-state index in [2.05, 4.69) is 5.32 Å². The SMILES string of the molecule is CCNCc1cccc(C#N)c1F. The normalized spacial score (nSPS) is 9.62. The van der Waals surface area contributed by atoms with Crippen molar-refractivity contribution >= 4 is 0 Å². The quantitative estimate of drug-likeness (QED) is 0.766. The molecule has 0 fully saturated rings. The zero-order chi connectivity index (χ0) is 9.68. The average Bonchev–Trinajstić information content (AvgIpc) is 2.16. The van der Waals surface area contributed by atoms with E-state index >= 15 is 0 Å². The predicted molar refractivity (Wildman–Crippen MR) is 48.5 cm³/mol. The van der Waals surface area contributed by atoms with Crippen molar-refractivity contribution in [3.05, 3.63) is 35.1 Å². The molecule has 0 unspecified atom stereocenters. The van der Waals surface area contributed by atoms with Crippen LogP contribution in [0.2, 0.25) is 0 Å². The highest BCUT2D eigenvalue weighted by Gasteiger charge is 2.05. The molecule has 1 aromatic rings. The summed E-state index contributed by atoms with van der Waals surface area (Å²) in [5.74, 6) is -0.411. The standard InChI is InChI=1S/C10H11FN2/c1-2-13-7-9-5-3-4-8(6-12)10(9)11/h3-5,13H,2,7H2,1H3. The third kappa shape index (κ3) is 2.27. The van der Waals surface area contributed by atoms with Crippen LogP contribution in [0.15, 0.2) is 18.2 Å². The predicted octanol–water partition coefficient (Wildman–Crippen LogP) is 1.81. The Hall–Kier alpha value is -1.40. The molecule has 0 aliphatic carbocycles. The van der Waals surface area contributed by atoms with Crippen molar-refractivity contribution < 1.29 is 4.39 Å². The van der Waals surface area contributed by atoms with Gasteiger partial charge in [-0.1, -0.05) is 19.1 Å². The molecule has 2 nitrogen and oxygen atoms in total. The van der Waals surface area contributed by atoms with Gasteiger partial charge in [-0.05, 0) is 12.6 Å². The molecule has 0 amide bonds. The summed E-state index contributed by atoms with van der Waals surface area (Å²) in [6.07, 6.45) is 0. The minimum atomic E-state index is -0.411. The van der Waals surface area contributed by atoms with Crippen LogP contribution in [0.4, 0.5) is 4.39 Å². The Kier molecular flexibility index (Phi) is 3.41. The van der Waals surface area contributed by atoms with Gasteiger partial charge in [-0.15, -0.1) is 0 Å². The lowest BCUT2D eigenvalue weighted by Crippen LogP contribution is -2.13. The Morgan fingerprint density at radius 2 is 2.31 bits per heavy atom. The van der Waals surface area contributed by atoms with Gasteiger partial charge in [0.05, 0.1) is 5.56 Å². The van der Waals surface area contributed by atoms with E-state index in [0.29, 0.717) is 12.1 Å². The van der Waals surface area contributed by atoms with Crippen LogP contribution in [0.3, 0.4) is 0 Å². The Bertz CT molecular complexity index is 328. The van der Waals surface area contributed by atoms with E-state index in [-0.39, 0.29) is 5.56 Å². The maximum atomic E-state index is 13.3. The Morgan fingerprint density at radius 1 is 1.54 bits per heavy atom. The first-order chi connectivity index (χ1) is 6.29. The van der Waals surface area contributed by atoms with Crippen molar-refractivity contribution in [2.24, 2.45) is 0 Å². The molecule has 0 heterocycles. The number of hydrogen-bond acceptors (Lipinski definition) is 2. The van der Waals surface area contributed by atoms with Crippen LogP contribution in [-0.2, 0) is 6.54 Å². The fraction of sp³-hybridized carbons (Fsp3) is 0.300. The molecule has 0 radical (unpaired) electrons. The van der Waals surface area contributed by atoms with E-state index in [9.17, 15) is 4.39 Å². The first-order valence-electron chi connectivity index (χ1n) is 4.17. The zero-order valence-electron chi connectivity index (χ0n) is 7.47. The van der Waals surface area contributed by atoms with Crippen LogP contribution in [-0.4, -0.2) is 6.54 Å². The molecular formula is C10H11FN2. The molecule has 68 valence electrons. The van der Waals surface area contributed by atoms with Gasteiger partial charge in [-0.2, -0.15) is 5.26 Å². The second-order valence-electron chi connectivity index (χ2n) is 2.67. The summed E-state index contributed by atoms with van der Waals surface area (Å²) in [6, 6.07) is 6.65. The molecule has 3 heteroatoms. The fourth-order valence-electron chi connectivity index (χ4n) is 1.06. The largest absolute Gasteiger partial charge is 0.313 e. The van der Waals surface area contributed by atoms with Gasteiger partial charge < -0.3 is 5.32 Å². The lowest BCUT2D eigenvalue weighted by molar-refractivity contribution is 0.590. The fourth-order valence-corrected chi connectivity index (χ4v) is 1.06. The molecule has 13 heavy (non-hydrogen) atoms. The molecule has 0 atom stereocenters.